The first-order chi connectivity index (χ1) is 4.83. The van der Waals surface area contributed by atoms with Gasteiger partial charge < -0.3 is 5.73 Å². The Morgan fingerprint density at radius 1 is 1.70 bits per heavy atom. The standard InChI is InChI=1S/C8H17NS/c1-7(5-9)4-8-2-3-10-6-8/h7-8H,2-6,9H2,1H3. The van der Waals surface area contributed by atoms with Crippen LogP contribution in [0, 0.1) is 11.8 Å². The lowest BCUT2D eigenvalue weighted by Crippen LogP contribution is -2.14. The molecule has 1 saturated heterocycles. The highest BCUT2D eigenvalue weighted by molar-refractivity contribution is 7.99. The number of hydrogen-bond donors (Lipinski definition) is 1. The van der Waals surface area contributed by atoms with Crippen LogP contribution in [0.5, 0.6) is 0 Å². The smallest absolute Gasteiger partial charge is 0.00387 e. The van der Waals surface area contributed by atoms with Gasteiger partial charge in [0.15, 0.2) is 0 Å². The highest BCUT2D eigenvalue weighted by atomic mass is 32.2. The van der Waals surface area contributed by atoms with Crippen molar-refractivity contribution in [3.63, 3.8) is 0 Å². The maximum atomic E-state index is 5.54. The van der Waals surface area contributed by atoms with E-state index in [0.717, 1.165) is 18.4 Å². The summed E-state index contributed by atoms with van der Waals surface area (Å²) in [5.74, 6) is 4.47. The fraction of sp³-hybridized carbons (Fsp3) is 1.00. The molecule has 1 aliphatic rings. The second-order valence-electron chi connectivity index (χ2n) is 3.31. The Morgan fingerprint density at radius 3 is 3.00 bits per heavy atom. The first-order valence-electron chi connectivity index (χ1n) is 4.10. The van der Waals surface area contributed by atoms with Gasteiger partial charge in [-0.25, -0.2) is 0 Å². The van der Waals surface area contributed by atoms with Gasteiger partial charge in [-0.05, 0) is 42.7 Å². The van der Waals surface area contributed by atoms with Crippen molar-refractivity contribution >= 4 is 11.8 Å². The first-order valence-corrected chi connectivity index (χ1v) is 5.26. The molecule has 0 aromatic rings. The number of thioether (sulfide) groups is 1. The second kappa shape index (κ2) is 4.24. The van der Waals surface area contributed by atoms with Gasteiger partial charge in [0.25, 0.3) is 0 Å². The van der Waals surface area contributed by atoms with Gasteiger partial charge in [0, 0.05) is 0 Å². The Balaban J connectivity index is 2.11. The summed E-state index contributed by atoms with van der Waals surface area (Å²) in [5, 5.41) is 0. The van der Waals surface area contributed by atoms with Crippen molar-refractivity contribution in [1.82, 2.24) is 0 Å². The molecule has 1 fully saturated rings. The fourth-order valence-electron chi connectivity index (χ4n) is 1.43. The first kappa shape index (κ1) is 8.41. The van der Waals surface area contributed by atoms with Crippen molar-refractivity contribution in [2.75, 3.05) is 18.1 Å². The predicted octanol–water partition coefficient (Wildman–Crippen LogP) is 1.72. The van der Waals surface area contributed by atoms with Crippen molar-refractivity contribution in [3.05, 3.63) is 0 Å². The minimum atomic E-state index is 0.740. The molecule has 2 heteroatoms. The molecule has 2 unspecified atom stereocenters. The van der Waals surface area contributed by atoms with Crippen LogP contribution in [0.3, 0.4) is 0 Å². The molecular formula is C8H17NS. The van der Waals surface area contributed by atoms with Gasteiger partial charge in [0.1, 0.15) is 0 Å². The molecule has 1 nitrogen and oxygen atoms in total. The van der Waals surface area contributed by atoms with Crippen LogP contribution in [0.2, 0.25) is 0 Å². The highest BCUT2D eigenvalue weighted by Crippen LogP contribution is 2.28. The number of hydrogen-bond acceptors (Lipinski definition) is 2. The topological polar surface area (TPSA) is 26.0 Å². The summed E-state index contributed by atoms with van der Waals surface area (Å²) < 4.78 is 0. The van der Waals surface area contributed by atoms with E-state index in [0.29, 0.717) is 0 Å². The molecule has 2 N–H and O–H groups in total. The lowest BCUT2D eigenvalue weighted by Gasteiger charge is -2.12. The maximum absolute atomic E-state index is 5.54. The van der Waals surface area contributed by atoms with Crippen molar-refractivity contribution in [1.29, 1.82) is 0 Å². The quantitative estimate of drug-likeness (QED) is 0.678. The summed E-state index contributed by atoms with van der Waals surface area (Å²) in [6, 6.07) is 0. The molecule has 2 atom stereocenters. The Morgan fingerprint density at radius 2 is 2.50 bits per heavy atom. The van der Waals surface area contributed by atoms with Gasteiger partial charge in [0.05, 0.1) is 0 Å². The van der Waals surface area contributed by atoms with Gasteiger partial charge in [0.2, 0.25) is 0 Å². The van der Waals surface area contributed by atoms with Crippen molar-refractivity contribution in [2.24, 2.45) is 17.6 Å². The largest absolute Gasteiger partial charge is 0.330 e. The molecule has 0 saturated carbocycles. The van der Waals surface area contributed by atoms with Gasteiger partial charge in [-0.2, -0.15) is 11.8 Å². The molecule has 1 rings (SSSR count). The summed E-state index contributed by atoms with van der Waals surface area (Å²) in [6.45, 7) is 3.12. The SMILES string of the molecule is CC(CN)CC1CCSC1. The Bertz CT molecular complexity index is 89.3. The van der Waals surface area contributed by atoms with E-state index in [1.54, 1.807) is 0 Å². The van der Waals surface area contributed by atoms with Crippen LogP contribution in [0.1, 0.15) is 19.8 Å². The average molecular weight is 159 g/mol. The lowest BCUT2D eigenvalue weighted by molar-refractivity contribution is 0.428. The Labute approximate surface area is 67.8 Å². The third-order valence-electron chi connectivity index (χ3n) is 2.16. The summed E-state index contributed by atoms with van der Waals surface area (Å²) in [7, 11) is 0. The lowest BCUT2D eigenvalue weighted by atomic mass is 9.96. The van der Waals surface area contributed by atoms with Crippen LogP contribution < -0.4 is 5.73 Å². The third-order valence-corrected chi connectivity index (χ3v) is 3.39. The zero-order chi connectivity index (χ0) is 7.40. The second-order valence-corrected chi connectivity index (χ2v) is 4.46. The molecule has 0 spiro atoms. The van der Waals surface area contributed by atoms with Crippen LogP contribution in [-0.2, 0) is 0 Å². The molecule has 0 amide bonds. The molecule has 0 aromatic heterocycles. The van der Waals surface area contributed by atoms with Crippen LogP contribution in [0.25, 0.3) is 0 Å². The normalized spacial score (nSPS) is 28.8. The number of rotatable bonds is 3. The minimum Gasteiger partial charge on any atom is -0.330 e. The molecule has 1 aliphatic heterocycles. The zero-order valence-corrected chi connectivity index (χ0v) is 7.49. The monoisotopic (exact) mass is 159 g/mol. The summed E-state index contributed by atoms with van der Waals surface area (Å²) in [4.78, 5) is 0. The maximum Gasteiger partial charge on any atom is -0.00387 e. The van der Waals surface area contributed by atoms with Gasteiger partial charge >= 0.3 is 0 Å². The zero-order valence-electron chi connectivity index (χ0n) is 6.68. The molecular weight excluding hydrogens is 142 g/mol. The molecule has 0 bridgehead atoms. The van der Waals surface area contributed by atoms with Crippen molar-refractivity contribution in [2.45, 2.75) is 19.8 Å². The third kappa shape index (κ3) is 2.51. The Kier molecular flexibility index (Phi) is 3.57. The van der Waals surface area contributed by atoms with Gasteiger partial charge in [-0.3, -0.25) is 0 Å². The van der Waals surface area contributed by atoms with E-state index < -0.39 is 0 Å². The van der Waals surface area contributed by atoms with Crippen LogP contribution in [0.15, 0.2) is 0 Å². The van der Waals surface area contributed by atoms with E-state index in [2.05, 4.69) is 18.7 Å². The minimum absolute atomic E-state index is 0.740. The van der Waals surface area contributed by atoms with Crippen molar-refractivity contribution in [3.8, 4) is 0 Å². The summed E-state index contributed by atoms with van der Waals surface area (Å²) >= 11 is 2.09. The number of nitrogens with two attached hydrogens (primary N) is 1. The fourth-order valence-corrected chi connectivity index (χ4v) is 2.74. The molecule has 0 radical (unpaired) electrons. The predicted molar refractivity (Wildman–Crippen MR) is 48.3 cm³/mol. The van der Waals surface area contributed by atoms with E-state index in [1.165, 1.54) is 24.3 Å². The van der Waals surface area contributed by atoms with E-state index in [-0.39, 0.29) is 0 Å². The van der Waals surface area contributed by atoms with E-state index in [1.807, 2.05) is 0 Å². The molecule has 0 aliphatic carbocycles. The summed E-state index contributed by atoms with van der Waals surface area (Å²) in [5.41, 5.74) is 5.54. The average Bonchev–Trinajstić information content (AvgIpc) is 2.40. The van der Waals surface area contributed by atoms with E-state index >= 15 is 0 Å². The molecule has 0 aromatic carbocycles. The van der Waals surface area contributed by atoms with Gasteiger partial charge in [-0.15, -0.1) is 0 Å². The molecule has 60 valence electrons. The van der Waals surface area contributed by atoms with E-state index in [9.17, 15) is 0 Å². The highest BCUT2D eigenvalue weighted by Gasteiger charge is 2.17. The van der Waals surface area contributed by atoms with Crippen molar-refractivity contribution < 1.29 is 0 Å². The van der Waals surface area contributed by atoms with Crippen LogP contribution in [0.4, 0.5) is 0 Å². The summed E-state index contributed by atoms with van der Waals surface area (Å²) in [6.07, 6.45) is 2.78. The van der Waals surface area contributed by atoms with E-state index in [4.69, 9.17) is 5.73 Å². The Hall–Kier alpha value is 0.310. The van der Waals surface area contributed by atoms with Crippen LogP contribution in [-0.4, -0.2) is 18.1 Å². The molecule has 1 heterocycles. The molecule has 10 heavy (non-hydrogen) atoms. The van der Waals surface area contributed by atoms with Crippen LogP contribution >= 0.6 is 11.8 Å². The van der Waals surface area contributed by atoms with Gasteiger partial charge in [-0.1, -0.05) is 6.92 Å².